The minimum atomic E-state index is -0.585. The van der Waals surface area contributed by atoms with E-state index < -0.39 is 6.10 Å². The fraction of sp³-hybridized carbons (Fsp3) is 0.375. The Morgan fingerprint density at radius 1 is 1.27 bits per heavy atom. The van der Waals surface area contributed by atoms with Crippen molar-refractivity contribution in [3.63, 3.8) is 0 Å². The highest BCUT2D eigenvalue weighted by atomic mass is 16.4. The molecule has 0 spiro atoms. The van der Waals surface area contributed by atoms with Crippen LogP contribution >= 0.6 is 0 Å². The van der Waals surface area contributed by atoms with Gasteiger partial charge in [0.15, 0.2) is 0 Å². The number of aliphatic hydroxyl groups excluding tert-OH is 1. The summed E-state index contributed by atoms with van der Waals surface area (Å²) in [6.07, 6.45) is -0.132. The number of oxazole rings is 1. The largest absolute Gasteiger partial charge is 0.444 e. The van der Waals surface area contributed by atoms with Crippen molar-refractivity contribution in [2.24, 2.45) is 0 Å². The molecule has 22 heavy (non-hydrogen) atoms. The molecule has 1 unspecified atom stereocenters. The zero-order valence-electron chi connectivity index (χ0n) is 12.8. The number of rotatable bonds is 6. The number of carbonyl (C=O) groups excluding carboxylic acids is 1. The van der Waals surface area contributed by atoms with Crippen LogP contribution in [0.3, 0.4) is 0 Å². The Morgan fingerprint density at radius 2 is 2.00 bits per heavy atom. The lowest BCUT2D eigenvalue weighted by Crippen LogP contribution is -2.36. The van der Waals surface area contributed by atoms with Crippen LogP contribution in [0.4, 0.5) is 4.79 Å². The average Bonchev–Trinajstić information content (AvgIpc) is 2.84. The fourth-order valence-electron chi connectivity index (χ4n) is 2.00. The van der Waals surface area contributed by atoms with Crippen molar-refractivity contribution < 1.29 is 14.3 Å². The molecule has 0 bridgehead atoms. The van der Waals surface area contributed by atoms with E-state index in [0.717, 1.165) is 17.0 Å². The zero-order chi connectivity index (χ0) is 15.9. The highest BCUT2D eigenvalue weighted by molar-refractivity contribution is 5.73. The molecule has 1 heterocycles. The molecule has 3 N–H and O–H groups in total. The van der Waals surface area contributed by atoms with Crippen molar-refractivity contribution in [3.8, 4) is 0 Å². The Bertz CT molecular complexity index is 591. The van der Waals surface area contributed by atoms with Gasteiger partial charge < -0.3 is 20.2 Å². The number of amides is 2. The van der Waals surface area contributed by atoms with Crippen LogP contribution in [0.5, 0.6) is 0 Å². The van der Waals surface area contributed by atoms with Crippen molar-refractivity contribution >= 4 is 6.03 Å². The standard InChI is InChI=1S/C16H21N3O3/c1-11-12(2)22-15(19-11)10-18-16(21)17-9-8-14(20)13-6-4-3-5-7-13/h3-7,14,20H,8-10H2,1-2H3,(H2,17,18,21). The van der Waals surface area contributed by atoms with Gasteiger partial charge in [-0.3, -0.25) is 0 Å². The third-order valence-corrected chi connectivity index (χ3v) is 3.36. The summed E-state index contributed by atoms with van der Waals surface area (Å²) in [4.78, 5) is 15.8. The molecular formula is C16H21N3O3. The molecule has 2 amide bonds. The van der Waals surface area contributed by atoms with Crippen molar-refractivity contribution in [1.82, 2.24) is 15.6 Å². The quantitative estimate of drug-likeness (QED) is 0.763. The lowest BCUT2D eigenvalue weighted by molar-refractivity contribution is 0.167. The number of hydrogen-bond donors (Lipinski definition) is 3. The first-order chi connectivity index (χ1) is 10.6. The van der Waals surface area contributed by atoms with E-state index in [-0.39, 0.29) is 12.6 Å². The Labute approximate surface area is 129 Å². The van der Waals surface area contributed by atoms with E-state index in [1.807, 2.05) is 44.2 Å². The molecule has 0 fully saturated rings. The van der Waals surface area contributed by atoms with Crippen molar-refractivity contribution in [2.75, 3.05) is 6.54 Å². The van der Waals surface area contributed by atoms with E-state index in [0.29, 0.717) is 18.9 Å². The summed E-state index contributed by atoms with van der Waals surface area (Å²) in [6.45, 7) is 4.30. The minimum absolute atomic E-state index is 0.238. The van der Waals surface area contributed by atoms with E-state index in [1.165, 1.54) is 0 Å². The maximum atomic E-state index is 11.7. The van der Waals surface area contributed by atoms with Crippen LogP contribution in [0.2, 0.25) is 0 Å². The van der Waals surface area contributed by atoms with E-state index in [1.54, 1.807) is 0 Å². The molecule has 0 aliphatic heterocycles. The molecule has 2 rings (SSSR count). The van der Waals surface area contributed by atoms with Crippen molar-refractivity contribution in [2.45, 2.75) is 32.9 Å². The van der Waals surface area contributed by atoms with E-state index >= 15 is 0 Å². The SMILES string of the molecule is Cc1nc(CNC(=O)NCCC(O)c2ccccc2)oc1C. The molecule has 1 aromatic carbocycles. The monoisotopic (exact) mass is 303 g/mol. The van der Waals surface area contributed by atoms with Crippen LogP contribution in [0.1, 0.15) is 35.4 Å². The highest BCUT2D eigenvalue weighted by Crippen LogP contribution is 2.14. The predicted octanol–water partition coefficient (Wildman–Crippen LogP) is 2.21. The number of aryl methyl sites for hydroxylation is 2. The first kappa shape index (κ1) is 16.0. The average molecular weight is 303 g/mol. The van der Waals surface area contributed by atoms with Gasteiger partial charge >= 0.3 is 6.03 Å². The summed E-state index contributed by atoms with van der Waals surface area (Å²) in [5.74, 6) is 1.23. The number of carbonyl (C=O) groups is 1. The lowest BCUT2D eigenvalue weighted by atomic mass is 10.1. The number of hydrogen-bond acceptors (Lipinski definition) is 4. The number of aromatic nitrogens is 1. The van der Waals surface area contributed by atoms with Gasteiger partial charge in [0.05, 0.1) is 18.3 Å². The molecule has 6 heteroatoms. The van der Waals surface area contributed by atoms with Gasteiger partial charge in [0, 0.05) is 6.54 Å². The van der Waals surface area contributed by atoms with Crippen LogP contribution in [0.25, 0.3) is 0 Å². The van der Waals surface area contributed by atoms with Gasteiger partial charge in [0.1, 0.15) is 5.76 Å². The molecule has 0 saturated heterocycles. The maximum Gasteiger partial charge on any atom is 0.315 e. The summed E-state index contributed by atoms with van der Waals surface area (Å²) >= 11 is 0. The molecule has 118 valence electrons. The van der Waals surface area contributed by atoms with Gasteiger partial charge in [-0.25, -0.2) is 9.78 Å². The molecule has 1 atom stereocenters. The Balaban J connectivity index is 1.67. The van der Waals surface area contributed by atoms with Crippen LogP contribution in [0.15, 0.2) is 34.7 Å². The van der Waals surface area contributed by atoms with Crippen LogP contribution in [0, 0.1) is 13.8 Å². The van der Waals surface area contributed by atoms with E-state index in [9.17, 15) is 9.90 Å². The second-order valence-corrected chi connectivity index (χ2v) is 5.07. The van der Waals surface area contributed by atoms with Gasteiger partial charge in [0.25, 0.3) is 0 Å². The molecule has 0 aliphatic rings. The number of benzene rings is 1. The third kappa shape index (κ3) is 4.60. The van der Waals surface area contributed by atoms with E-state index in [4.69, 9.17) is 4.42 Å². The van der Waals surface area contributed by atoms with Gasteiger partial charge in [-0.15, -0.1) is 0 Å². The smallest absolute Gasteiger partial charge is 0.315 e. The second kappa shape index (κ2) is 7.61. The Hall–Kier alpha value is -2.34. The first-order valence-electron chi connectivity index (χ1n) is 7.24. The maximum absolute atomic E-state index is 11.7. The van der Waals surface area contributed by atoms with Gasteiger partial charge in [-0.1, -0.05) is 30.3 Å². The third-order valence-electron chi connectivity index (χ3n) is 3.36. The normalized spacial score (nSPS) is 12.0. The summed E-state index contributed by atoms with van der Waals surface area (Å²) in [5.41, 5.74) is 1.67. The second-order valence-electron chi connectivity index (χ2n) is 5.07. The molecular weight excluding hydrogens is 282 g/mol. The van der Waals surface area contributed by atoms with Crippen molar-refractivity contribution in [1.29, 1.82) is 0 Å². The first-order valence-corrected chi connectivity index (χ1v) is 7.24. The molecule has 6 nitrogen and oxygen atoms in total. The van der Waals surface area contributed by atoms with Gasteiger partial charge in [-0.05, 0) is 25.8 Å². The van der Waals surface area contributed by atoms with Crippen LogP contribution < -0.4 is 10.6 Å². The topological polar surface area (TPSA) is 87.4 Å². The highest BCUT2D eigenvalue weighted by Gasteiger charge is 2.09. The number of urea groups is 1. The Morgan fingerprint density at radius 3 is 2.64 bits per heavy atom. The van der Waals surface area contributed by atoms with Gasteiger partial charge in [0.2, 0.25) is 5.89 Å². The fourth-order valence-corrected chi connectivity index (χ4v) is 2.00. The summed E-state index contributed by atoms with van der Waals surface area (Å²) in [5, 5.41) is 15.3. The molecule has 2 aromatic rings. The molecule has 1 aromatic heterocycles. The van der Waals surface area contributed by atoms with Gasteiger partial charge in [-0.2, -0.15) is 0 Å². The van der Waals surface area contributed by atoms with Crippen LogP contribution in [-0.4, -0.2) is 22.7 Å². The van der Waals surface area contributed by atoms with Crippen LogP contribution in [-0.2, 0) is 6.54 Å². The zero-order valence-corrected chi connectivity index (χ0v) is 12.8. The number of nitrogens with one attached hydrogen (secondary N) is 2. The number of aliphatic hydroxyl groups is 1. The summed E-state index contributed by atoms with van der Waals surface area (Å²) in [7, 11) is 0. The van der Waals surface area contributed by atoms with Crippen molar-refractivity contribution in [3.05, 3.63) is 53.2 Å². The molecule has 0 saturated carbocycles. The summed E-state index contributed by atoms with van der Waals surface area (Å²) < 4.78 is 5.37. The summed E-state index contributed by atoms with van der Waals surface area (Å²) in [6, 6.07) is 9.05. The van der Waals surface area contributed by atoms with E-state index in [2.05, 4.69) is 15.6 Å². The minimum Gasteiger partial charge on any atom is -0.444 e. The Kier molecular flexibility index (Phi) is 5.55. The number of nitrogens with zero attached hydrogens (tertiary/aromatic N) is 1. The lowest BCUT2D eigenvalue weighted by Gasteiger charge is -2.11. The molecule has 0 radical (unpaired) electrons. The predicted molar refractivity (Wildman–Crippen MR) is 82.2 cm³/mol. The molecule has 0 aliphatic carbocycles.